The summed E-state index contributed by atoms with van der Waals surface area (Å²) in [5.74, 6) is 0. The summed E-state index contributed by atoms with van der Waals surface area (Å²) in [6.45, 7) is 1.65. The molecule has 112 valence electrons. The van der Waals surface area contributed by atoms with Crippen molar-refractivity contribution in [3.05, 3.63) is 55.0 Å². The van der Waals surface area contributed by atoms with E-state index in [0.29, 0.717) is 12.6 Å². The summed E-state index contributed by atoms with van der Waals surface area (Å²) in [7, 11) is 3.24. The zero-order chi connectivity index (χ0) is 15.0. The van der Waals surface area contributed by atoms with Crippen LogP contribution < -0.4 is 11.2 Å². The van der Waals surface area contributed by atoms with Gasteiger partial charge in [-0.05, 0) is 30.8 Å². The van der Waals surface area contributed by atoms with Gasteiger partial charge in [0.2, 0.25) is 0 Å². The molecule has 3 rings (SSSR count). The molecular formula is C15H19N3O2S. The van der Waals surface area contributed by atoms with Crippen LogP contribution in [-0.2, 0) is 20.6 Å². The zero-order valence-electron chi connectivity index (χ0n) is 12.3. The molecule has 0 bridgehead atoms. The van der Waals surface area contributed by atoms with E-state index in [1.165, 1.54) is 11.9 Å². The summed E-state index contributed by atoms with van der Waals surface area (Å²) in [4.78, 5) is 27.6. The quantitative estimate of drug-likeness (QED) is 0.863. The van der Waals surface area contributed by atoms with Crippen LogP contribution >= 0.6 is 11.3 Å². The van der Waals surface area contributed by atoms with Crippen molar-refractivity contribution < 1.29 is 0 Å². The van der Waals surface area contributed by atoms with E-state index >= 15 is 0 Å². The van der Waals surface area contributed by atoms with Crippen LogP contribution in [0.25, 0.3) is 0 Å². The van der Waals surface area contributed by atoms with Gasteiger partial charge in [-0.25, -0.2) is 4.79 Å². The van der Waals surface area contributed by atoms with E-state index in [4.69, 9.17) is 0 Å². The predicted molar refractivity (Wildman–Crippen MR) is 83.6 cm³/mol. The van der Waals surface area contributed by atoms with Gasteiger partial charge in [-0.1, -0.05) is 6.07 Å². The van der Waals surface area contributed by atoms with Gasteiger partial charge in [-0.2, -0.15) is 0 Å². The highest BCUT2D eigenvalue weighted by molar-refractivity contribution is 7.10. The van der Waals surface area contributed by atoms with Gasteiger partial charge < -0.3 is 0 Å². The third kappa shape index (κ3) is 2.61. The molecule has 0 saturated carbocycles. The van der Waals surface area contributed by atoms with Gasteiger partial charge in [0.05, 0.1) is 0 Å². The van der Waals surface area contributed by atoms with Gasteiger partial charge in [-0.3, -0.25) is 18.8 Å². The Hall–Kier alpha value is -1.66. The molecule has 1 aliphatic rings. The average Bonchev–Trinajstić information content (AvgIpc) is 3.12. The third-order valence-corrected chi connectivity index (χ3v) is 5.20. The fraction of sp³-hybridized carbons (Fsp3) is 0.467. The summed E-state index contributed by atoms with van der Waals surface area (Å²) in [6.07, 6.45) is 2.29. The predicted octanol–water partition coefficient (Wildman–Crippen LogP) is 1.48. The van der Waals surface area contributed by atoms with E-state index in [0.717, 1.165) is 29.6 Å². The van der Waals surface area contributed by atoms with Gasteiger partial charge in [0.15, 0.2) is 0 Å². The lowest BCUT2D eigenvalue weighted by Gasteiger charge is -2.24. The number of nitrogens with zero attached hydrogens (tertiary/aromatic N) is 3. The molecule has 0 amide bonds. The van der Waals surface area contributed by atoms with Gasteiger partial charge >= 0.3 is 5.69 Å². The van der Waals surface area contributed by atoms with Crippen molar-refractivity contribution >= 4 is 11.3 Å². The van der Waals surface area contributed by atoms with E-state index in [9.17, 15) is 9.59 Å². The normalized spacial score (nSPS) is 19.2. The first-order chi connectivity index (χ1) is 10.1. The van der Waals surface area contributed by atoms with E-state index in [-0.39, 0.29) is 11.2 Å². The van der Waals surface area contributed by atoms with Crippen molar-refractivity contribution in [2.75, 3.05) is 6.54 Å². The summed E-state index contributed by atoms with van der Waals surface area (Å²) in [5, 5.41) is 2.10. The lowest BCUT2D eigenvalue weighted by atomic mass is 10.2. The summed E-state index contributed by atoms with van der Waals surface area (Å²) in [5.41, 5.74) is 0.288. The minimum Gasteiger partial charge on any atom is -0.299 e. The average molecular weight is 305 g/mol. The number of hydrogen-bond donors (Lipinski definition) is 0. The molecule has 0 radical (unpaired) electrons. The molecule has 3 heterocycles. The first kappa shape index (κ1) is 14.3. The Bertz CT molecular complexity index is 745. The molecular weight excluding hydrogens is 286 g/mol. The van der Waals surface area contributed by atoms with E-state index in [1.54, 1.807) is 29.0 Å². The molecule has 1 atom stereocenters. The number of aromatic nitrogens is 2. The van der Waals surface area contributed by atoms with Crippen molar-refractivity contribution in [2.24, 2.45) is 14.1 Å². The molecule has 5 nitrogen and oxygen atoms in total. The Morgan fingerprint density at radius 2 is 2.10 bits per heavy atom. The molecule has 0 aromatic carbocycles. The van der Waals surface area contributed by atoms with Crippen molar-refractivity contribution in [1.29, 1.82) is 0 Å². The topological polar surface area (TPSA) is 47.2 Å². The molecule has 2 aromatic heterocycles. The molecule has 0 N–H and O–H groups in total. The second kappa shape index (κ2) is 5.61. The smallest absolute Gasteiger partial charge is 0.299 e. The first-order valence-electron chi connectivity index (χ1n) is 7.11. The highest BCUT2D eigenvalue weighted by atomic mass is 32.1. The van der Waals surface area contributed by atoms with E-state index in [2.05, 4.69) is 22.4 Å². The molecule has 0 spiro atoms. The van der Waals surface area contributed by atoms with Crippen LogP contribution in [0.5, 0.6) is 0 Å². The first-order valence-corrected chi connectivity index (χ1v) is 7.99. The SMILES string of the molecule is Cn1c(CN2CCC[C@@H]2c2cccs2)cc(=O)n(C)c1=O. The van der Waals surface area contributed by atoms with Crippen molar-refractivity contribution in [3.8, 4) is 0 Å². The lowest BCUT2D eigenvalue weighted by molar-refractivity contribution is 0.244. The second-order valence-electron chi connectivity index (χ2n) is 5.52. The van der Waals surface area contributed by atoms with Crippen molar-refractivity contribution in [3.63, 3.8) is 0 Å². The molecule has 1 fully saturated rings. The summed E-state index contributed by atoms with van der Waals surface area (Å²) < 4.78 is 2.72. The maximum atomic E-state index is 12.0. The monoisotopic (exact) mass is 305 g/mol. The fourth-order valence-electron chi connectivity index (χ4n) is 2.96. The highest BCUT2D eigenvalue weighted by Gasteiger charge is 2.27. The fourth-order valence-corrected chi connectivity index (χ4v) is 3.85. The van der Waals surface area contributed by atoms with Gasteiger partial charge in [0.25, 0.3) is 5.56 Å². The third-order valence-electron chi connectivity index (χ3n) is 4.23. The maximum Gasteiger partial charge on any atom is 0.330 e. The van der Waals surface area contributed by atoms with E-state index < -0.39 is 0 Å². The molecule has 6 heteroatoms. The highest BCUT2D eigenvalue weighted by Crippen LogP contribution is 2.35. The standard InChI is InChI=1S/C15H19N3O2S/c1-16-11(9-14(19)17(2)15(16)20)10-18-7-3-5-12(18)13-6-4-8-21-13/h4,6,8-9,12H,3,5,7,10H2,1-2H3/t12-/m1/s1. The van der Waals surface area contributed by atoms with Gasteiger partial charge in [0.1, 0.15) is 0 Å². The Labute approximate surface area is 127 Å². The Morgan fingerprint density at radius 1 is 1.29 bits per heavy atom. The molecule has 0 aliphatic carbocycles. The zero-order valence-corrected chi connectivity index (χ0v) is 13.1. The Morgan fingerprint density at radius 3 is 2.81 bits per heavy atom. The van der Waals surface area contributed by atoms with Crippen LogP contribution in [0.1, 0.15) is 29.5 Å². The van der Waals surface area contributed by atoms with Crippen LogP contribution in [-0.4, -0.2) is 20.6 Å². The summed E-state index contributed by atoms with van der Waals surface area (Å²) in [6, 6.07) is 6.22. The summed E-state index contributed by atoms with van der Waals surface area (Å²) >= 11 is 1.77. The van der Waals surface area contributed by atoms with Crippen LogP contribution in [0.3, 0.4) is 0 Å². The molecule has 0 unspecified atom stereocenters. The largest absolute Gasteiger partial charge is 0.330 e. The van der Waals surface area contributed by atoms with E-state index in [1.807, 2.05) is 0 Å². The van der Waals surface area contributed by atoms with Gasteiger partial charge in [0, 0.05) is 43.3 Å². The minimum absolute atomic E-state index is 0.236. The molecule has 2 aromatic rings. The molecule has 1 aliphatic heterocycles. The van der Waals surface area contributed by atoms with Crippen LogP contribution in [0.15, 0.2) is 33.2 Å². The number of hydrogen-bond acceptors (Lipinski definition) is 4. The number of thiophene rings is 1. The van der Waals surface area contributed by atoms with Gasteiger partial charge in [-0.15, -0.1) is 11.3 Å². The molecule has 21 heavy (non-hydrogen) atoms. The lowest BCUT2D eigenvalue weighted by Crippen LogP contribution is -2.39. The van der Waals surface area contributed by atoms with Crippen molar-refractivity contribution in [1.82, 2.24) is 14.0 Å². The van der Waals surface area contributed by atoms with Crippen LogP contribution in [0.4, 0.5) is 0 Å². The Kier molecular flexibility index (Phi) is 3.82. The minimum atomic E-state index is -0.260. The maximum absolute atomic E-state index is 12.0. The Balaban J connectivity index is 1.90. The van der Waals surface area contributed by atoms with Crippen LogP contribution in [0.2, 0.25) is 0 Å². The van der Waals surface area contributed by atoms with Crippen molar-refractivity contribution in [2.45, 2.75) is 25.4 Å². The van der Waals surface area contributed by atoms with Crippen LogP contribution in [0, 0.1) is 0 Å². The molecule has 1 saturated heterocycles. The second-order valence-corrected chi connectivity index (χ2v) is 6.50. The number of rotatable bonds is 3. The number of likely N-dealkylation sites (tertiary alicyclic amines) is 1.